The Kier molecular flexibility index (Phi) is 5.99. The molecule has 0 aliphatic heterocycles. The van der Waals surface area contributed by atoms with Crippen LogP contribution in [0, 0.1) is 10.5 Å². The summed E-state index contributed by atoms with van der Waals surface area (Å²) in [5.74, 6) is -0.268. The molecule has 28 heavy (non-hydrogen) atoms. The van der Waals surface area contributed by atoms with Crippen LogP contribution in [0.5, 0.6) is 0 Å². The second kappa shape index (κ2) is 8.44. The van der Waals surface area contributed by atoms with Crippen molar-refractivity contribution in [2.24, 2.45) is 16.5 Å². The number of guanidine groups is 1. The van der Waals surface area contributed by atoms with Crippen molar-refractivity contribution in [2.45, 2.75) is 19.7 Å². The summed E-state index contributed by atoms with van der Waals surface area (Å²) in [6, 6.07) is 11.4. The molecule has 3 rings (SSSR count). The van der Waals surface area contributed by atoms with Gasteiger partial charge in [-0.3, -0.25) is 4.79 Å². The van der Waals surface area contributed by atoms with Crippen LogP contribution in [0.2, 0.25) is 0 Å². The lowest BCUT2D eigenvalue weighted by Crippen LogP contribution is -2.32. The van der Waals surface area contributed by atoms with Crippen LogP contribution in [0.1, 0.15) is 33.9 Å². The van der Waals surface area contributed by atoms with Crippen molar-refractivity contribution in [3.8, 4) is 11.3 Å². The Morgan fingerprint density at radius 2 is 1.96 bits per heavy atom. The van der Waals surface area contributed by atoms with Crippen molar-refractivity contribution in [3.05, 3.63) is 62.9 Å². The first kappa shape index (κ1) is 19.9. The quantitative estimate of drug-likeness (QED) is 0.174. The number of benzene rings is 1. The van der Waals surface area contributed by atoms with Crippen LogP contribution in [0.15, 0.2) is 41.4 Å². The number of aryl methyl sites for hydroxylation is 1. The number of aliphatic imine (C=N–C) groups is 1. The maximum absolute atomic E-state index is 12.7. The number of carbonyl (C=O) groups is 1. The van der Waals surface area contributed by atoms with Crippen molar-refractivity contribution >= 4 is 34.5 Å². The highest BCUT2D eigenvalue weighted by Gasteiger charge is 2.20. The van der Waals surface area contributed by atoms with Crippen molar-refractivity contribution < 1.29 is 9.90 Å². The molecule has 0 saturated heterocycles. The van der Waals surface area contributed by atoms with Crippen molar-refractivity contribution in [2.75, 3.05) is 0 Å². The molecule has 1 unspecified atom stereocenters. The normalized spacial score (nSPS) is 11.8. The number of aromatic nitrogens is 3. The smallest absolute Gasteiger partial charge is 0.269 e. The van der Waals surface area contributed by atoms with Crippen LogP contribution in [0.4, 0.5) is 0 Å². The SMILES string of the molecule is Cc1[nH]c(C(N=C(N)N)NC(=O)c2ccc(-c3ccc(I)cc3)[nH]2)nc1CO. The van der Waals surface area contributed by atoms with Crippen LogP contribution in [-0.2, 0) is 6.61 Å². The van der Waals surface area contributed by atoms with Gasteiger partial charge in [-0.1, -0.05) is 12.1 Å². The minimum absolute atomic E-state index is 0.198. The summed E-state index contributed by atoms with van der Waals surface area (Å²) >= 11 is 2.23. The maximum Gasteiger partial charge on any atom is 0.269 e. The van der Waals surface area contributed by atoms with E-state index < -0.39 is 12.1 Å². The molecule has 0 aliphatic carbocycles. The molecular weight excluding hydrogens is 473 g/mol. The van der Waals surface area contributed by atoms with E-state index in [-0.39, 0.29) is 12.6 Å². The summed E-state index contributed by atoms with van der Waals surface area (Å²) in [7, 11) is 0. The number of amides is 1. The molecule has 0 aliphatic rings. The Morgan fingerprint density at radius 1 is 1.25 bits per heavy atom. The number of hydrogen-bond donors (Lipinski definition) is 6. The Balaban J connectivity index is 1.82. The van der Waals surface area contributed by atoms with Crippen molar-refractivity contribution in [1.29, 1.82) is 0 Å². The number of imidazole rings is 1. The van der Waals surface area contributed by atoms with Crippen LogP contribution < -0.4 is 16.8 Å². The maximum atomic E-state index is 12.7. The van der Waals surface area contributed by atoms with Gasteiger partial charge in [-0.05, 0) is 59.3 Å². The number of carbonyl (C=O) groups excluding carboxylic acids is 1. The van der Waals surface area contributed by atoms with Crippen molar-refractivity contribution in [3.63, 3.8) is 0 Å². The summed E-state index contributed by atoms with van der Waals surface area (Å²) < 4.78 is 1.13. The number of aliphatic hydroxyl groups is 1. The molecule has 2 aromatic heterocycles. The first-order chi connectivity index (χ1) is 13.4. The third-order valence-corrected chi connectivity index (χ3v) is 4.76. The van der Waals surface area contributed by atoms with E-state index in [1.54, 1.807) is 13.0 Å². The molecule has 0 saturated carbocycles. The summed E-state index contributed by atoms with van der Waals surface area (Å²) in [5.41, 5.74) is 14.3. The Hall–Kier alpha value is -2.86. The third kappa shape index (κ3) is 4.51. The summed E-state index contributed by atoms with van der Waals surface area (Å²) in [6.45, 7) is 1.52. The van der Waals surface area contributed by atoms with E-state index in [0.717, 1.165) is 14.8 Å². The molecule has 8 N–H and O–H groups in total. The lowest BCUT2D eigenvalue weighted by molar-refractivity contribution is 0.0932. The molecule has 1 atom stereocenters. The number of hydrogen-bond acceptors (Lipinski definition) is 4. The topological polar surface area (TPSA) is 158 Å². The van der Waals surface area contributed by atoms with Gasteiger partial charge in [-0.25, -0.2) is 9.98 Å². The second-order valence-electron chi connectivity index (χ2n) is 6.07. The molecule has 0 spiro atoms. The van der Waals surface area contributed by atoms with Gasteiger partial charge in [-0.15, -0.1) is 0 Å². The average molecular weight is 493 g/mol. The Bertz CT molecular complexity index is 1000. The predicted molar refractivity (Wildman–Crippen MR) is 114 cm³/mol. The Labute approximate surface area is 174 Å². The summed E-state index contributed by atoms with van der Waals surface area (Å²) in [5, 5.41) is 12.0. The third-order valence-electron chi connectivity index (χ3n) is 4.04. The number of rotatable bonds is 6. The minimum Gasteiger partial charge on any atom is -0.390 e. The fraction of sp³-hybridized carbons (Fsp3) is 0.167. The highest BCUT2D eigenvalue weighted by molar-refractivity contribution is 14.1. The summed E-state index contributed by atoms with van der Waals surface area (Å²) in [6.07, 6.45) is -0.915. The first-order valence-corrected chi connectivity index (χ1v) is 9.46. The number of H-pyrrole nitrogens is 2. The van der Waals surface area contributed by atoms with Gasteiger partial charge >= 0.3 is 0 Å². The van der Waals surface area contributed by atoms with Gasteiger partial charge in [0.15, 0.2) is 17.9 Å². The monoisotopic (exact) mass is 493 g/mol. The Morgan fingerprint density at radius 3 is 2.57 bits per heavy atom. The molecule has 0 fully saturated rings. The zero-order valence-electron chi connectivity index (χ0n) is 15.0. The second-order valence-corrected chi connectivity index (χ2v) is 7.32. The van der Waals surface area contributed by atoms with E-state index in [9.17, 15) is 9.90 Å². The first-order valence-electron chi connectivity index (χ1n) is 8.38. The summed E-state index contributed by atoms with van der Waals surface area (Å²) in [4.78, 5) is 27.0. The number of nitrogens with two attached hydrogens (primary N) is 2. The molecule has 10 heteroatoms. The molecule has 3 aromatic rings. The predicted octanol–water partition coefficient (Wildman–Crippen LogP) is 1.51. The largest absolute Gasteiger partial charge is 0.390 e. The molecule has 146 valence electrons. The molecule has 0 bridgehead atoms. The van der Waals surface area contributed by atoms with Gasteiger partial charge in [-0.2, -0.15) is 0 Å². The number of halogens is 1. The molecule has 0 radical (unpaired) electrons. The molecule has 1 amide bonds. The zero-order chi connectivity index (χ0) is 20.3. The van der Waals surface area contributed by atoms with E-state index >= 15 is 0 Å². The van der Waals surface area contributed by atoms with Gasteiger partial charge in [0.2, 0.25) is 0 Å². The number of nitrogens with one attached hydrogen (secondary N) is 3. The van der Waals surface area contributed by atoms with Crippen LogP contribution in [0.3, 0.4) is 0 Å². The van der Waals surface area contributed by atoms with E-state index in [2.05, 4.69) is 47.9 Å². The van der Waals surface area contributed by atoms with E-state index in [0.29, 0.717) is 22.9 Å². The average Bonchev–Trinajstić information content (AvgIpc) is 3.28. The standard InChI is InChI=1S/C18H20IN7O2/c1-9-14(8-27)24-15(22-9)16(26-18(20)21)25-17(28)13-7-6-12(23-13)10-2-4-11(19)5-3-10/h2-7,16,23,27H,8H2,1H3,(H,22,24)(H,25,28)(H4,20,21,26). The van der Waals surface area contributed by atoms with E-state index in [1.165, 1.54) is 0 Å². The van der Waals surface area contributed by atoms with Gasteiger partial charge in [0, 0.05) is 15.0 Å². The number of nitrogens with zero attached hydrogens (tertiary/aromatic N) is 2. The van der Waals surface area contributed by atoms with Gasteiger partial charge < -0.3 is 31.9 Å². The minimum atomic E-state index is -0.915. The van der Waals surface area contributed by atoms with Gasteiger partial charge in [0.25, 0.3) is 5.91 Å². The molecular formula is C18H20IN7O2. The van der Waals surface area contributed by atoms with E-state index in [1.807, 2.05) is 30.3 Å². The highest BCUT2D eigenvalue weighted by atomic mass is 127. The lowest BCUT2D eigenvalue weighted by atomic mass is 10.2. The zero-order valence-corrected chi connectivity index (χ0v) is 17.2. The fourth-order valence-electron chi connectivity index (χ4n) is 2.64. The molecule has 9 nitrogen and oxygen atoms in total. The van der Waals surface area contributed by atoms with E-state index in [4.69, 9.17) is 11.5 Å². The number of aliphatic hydroxyl groups excluding tert-OH is 1. The number of aromatic amines is 2. The fourth-order valence-corrected chi connectivity index (χ4v) is 3.00. The highest BCUT2D eigenvalue weighted by Crippen LogP contribution is 2.21. The van der Waals surface area contributed by atoms with Crippen molar-refractivity contribution in [1.82, 2.24) is 20.3 Å². The molecule has 2 heterocycles. The van der Waals surface area contributed by atoms with Crippen LogP contribution in [-0.4, -0.2) is 31.9 Å². The van der Waals surface area contributed by atoms with Gasteiger partial charge in [0.1, 0.15) is 5.69 Å². The lowest BCUT2D eigenvalue weighted by Gasteiger charge is -2.12. The molecule has 1 aromatic carbocycles. The van der Waals surface area contributed by atoms with Crippen LogP contribution in [0.25, 0.3) is 11.3 Å². The van der Waals surface area contributed by atoms with Crippen LogP contribution >= 0.6 is 22.6 Å². The van der Waals surface area contributed by atoms with Gasteiger partial charge in [0.05, 0.1) is 12.3 Å².